The number of imidazole rings is 1. The normalized spacial score (nSPS) is 12.1. The molecule has 0 aliphatic carbocycles. The predicted molar refractivity (Wildman–Crippen MR) is 57.2 cm³/mol. The molecule has 1 aromatic heterocycles. The van der Waals surface area contributed by atoms with Crippen molar-refractivity contribution in [3.05, 3.63) is 17.2 Å². The van der Waals surface area contributed by atoms with Crippen molar-refractivity contribution in [2.45, 2.75) is 52.6 Å². The Morgan fingerprint density at radius 1 is 1.36 bits per heavy atom. The Balaban J connectivity index is 3.02. The van der Waals surface area contributed by atoms with E-state index in [1.807, 2.05) is 0 Å². The summed E-state index contributed by atoms with van der Waals surface area (Å²) in [6, 6.07) is 0. The second-order valence-corrected chi connectivity index (χ2v) is 4.17. The van der Waals surface area contributed by atoms with Gasteiger partial charge in [0, 0.05) is 12.1 Å². The molecule has 1 heterocycles. The van der Waals surface area contributed by atoms with Crippen LogP contribution < -0.4 is 0 Å². The van der Waals surface area contributed by atoms with Gasteiger partial charge in [-0.2, -0.15) is 0 Å². The highest BCUT2D eigenvalue weighted by Gasteiger charge is 2.23. The first-order valence-electron chi connectivity index (χ1n) is 5.29. The molecule has 3 nitrogen and oxygen atoms in total. The Morgan fingerprint density at radius 3 is 2.36 bits per heavy atom. The van der Waals surface area contributed by atoms with Crippen molar-refractivity contribution in [1.29, 1.82) is 0 Å². The molecule has 0 bridgehead atoms. The van der Waals surface area contributed by atoms with Gasteiger partial charge in [-0.05, 0) is 26.7 Å². The second-order valence-electron chi connectivity index (χ2n) is 4.17. The maximum Gasteiger partial charge on any atom is 0.106 e. The standard InChI is InChI=1S/C11H20N2O/c1-5-7-9-12-8(6-2)10(13-9)11(3,4)14/h14H,5-7H2,1-4H3,(H,12,13). The molecule has 0 aliphatic rings. The minimum atomic E-state index is -0.839. The third kappa shape index (κ3) is 2.35. The number of H-pyrrole nitrogens is 1. The average molecular weight is 196 g/mol. The number of nitrogens with zero attached hydrogens (tertiary/aromatic N) is 1. The Hall–Kier alpha value is -0.830. The minimum absolute atomic E-state index is 0.795. The summed E-state index contributed by atoms with van der Waals surface area (Å²) in [5.41, 5.74) is 1.01. The Morgan fingerprint density at radius 2 is 2.00 bits per heavy atom. The summed E-state index contributed by atoms with van der Waals surface area (Å²) in [4.78, 5) is 7.70. The van der Waals surface area contributed by atoms with Gasteiger partial charge < -0.3 is 10.1 Å². The van der Waals surface area contributed by atoms with E-state index in [1.165, 1.54) is 0 Å². The van der Waals surface area contributed by atoms with Crippen molar-refractivity contribution in [2.75, 3.05) is 0 Å². The molecule has 1 rings (SSSR count). The number of aromatic amines is 1. The zero-order valence-electron chi connectivity index (χ0n) is 9.52. The number of hydrogen-bond acceptors (Lipinski definition) is 2. The highest BCUT2D eigenvalue weighted by molar-refractivity contribution is 5.20. The number of aromatic nitrogens is 2. The summed E-state index contributed by atoms with van der Waals surface area (Å²) in [6.45, 7) is 7.74. The summed E-state index contributed by atoms with van der Waals surface area (Å²) in [5.74, 6) is 0.987. The lowest BCUT2D eigenvalue weighted by molar-refractivity contribution is 0.0732. The van der Waals surface area contributed by atoms with Gasteiger partial charge in [0.25, 0.3) is 0 Å². The summed E-state index contributed by atoms with van der Waals surface area (Å²) >= 11 is 0. The summed E-state index contributed by atoms with van der Waals surface area (Å²) in [6.07, 6.45) is 2.90. The fraction of sp³-hybridized carbons (Fsp3) is 0.727. The van der Waals surface area contributed by atoms with Gasteiger partial charge in [0.05, 0.1) is 5.69 Å². The maximum absolute atomic E-state index is 9.90. The van der Waals surface area contributed by atoms with Crippen LogP contribution in [0.4, 0.5) is 0 Å². The smallest absolute Gasteiger partial charge is 0.106 e. The van der Waals surface area contributed by atoms with Crippen molar-refractivity contribution in [3.8, 4) is 0 Å². The van der Waals surface area contributed by atoms with Gasteiger partial charge in [-0.25, -0.2) is 4.98 Å². The van der Waals surface area contributed by atoms with Crippen LogP contribution in [-0.2, 0) is 18.4 Å². The lowest BCUT2D eigenvalue weighted by Gasteiger charge is -2.15. The van der Waals surface area contributed by atoms with E-state index in [9.17, 15) is 5.11 Å². The molecule has 80 valence electrons. The molecular formula is C11H20N2O. The van der Waals surface area contributed by atoms with Crippen LogP contribution in [0.1, 0.15) is 51.3 Å². The van der Waals surface area contributed by atoms with Gasteiger partial charge in [0.15, 0.2) is 0 Å². The summed E-state index contributed by atoms with van der Waals surface area (Å²) in [5, 5.41) is 9.90. The molecule has 2 N–H and O–H groups in total. The molecule has 14 heavy (non-hydrogen) atoms. The van der Waals surface area contributed by atoms with Crippen LogP contribution in [0, 0.1) is 0 Å². The fourth-order valence-corrected chi connectivity index (χ4v) is 1.58. The van der Waals surface area contributed by atoms with Crippen molar-refractivity contribution in [3.63, 3.8) is 0 Å². The summed E-state index contributed by atoms with van der Waals surface area (Å²) < 4.78 is 0. The average Bonchev–Trinajstić information content (AvgIpc) is 2.47. The number of aliphatic hydroxyl groups is 1. The summed E-state index contributed by atoms with van der Waals surface area (Å²) in [7, 11) is 0. The van der Waals surface area contributed by atoms with Gasteiger partial charge in [-0.15, -0.1) is 0 Å². The molecule has 0 fully saturated rings. The van der Waals surface area contributed by atoms with Gasteiger partial charge in [-0.3, -0.25) is 0 Å². The predicted octanol–water partition coefficient (Wildman–Crippen LogP) is 2.15. The van der Waals surface area contributed by atoms with E-state index < -0.39 is 5.60 Å². The van der Waals surface area contributed by atoms with E-state index in [0.29, 0.717) is 0 Å². The number of rotatable bonds is 4. The number of hydrogen-bond donors (Lipinski definition) is 2. The quantitative estimate of drug-likeness (QED) is 0.775. The first-order chi connectivity index (χ1) is 6.49. The van der Waals surface area contributed by atoms with Crippen molar-refractivity contribution in [2.24, 2.45) is 0 Å². The van der Waals surface area contributed by atoms with Crippen LogP contribution in [0.15, 0.2) is 0 Å². The molecule has 0 saturated carbocycles. The van der Waals surface area contributed by atoms with Gasteiger partial charge in [0.2, 0.25) is 0 Å². The molecule has 3 heteroatoms. The SMILES string of the molecule is CCCc1nc(C(C)(C)O)c(CC)[nH]1. The molecule has 0 unspecified atom stereocenters. The van der Waals surface area contributed by atoms with E-state index in [1.54, 1.807) is 13.8 Å². The van der Waals surface area contributed by atoms with Crippen molar-refractivity contribution < 1.29 is 5.11 Å². The van der Waals surface area contributed by atoms with Crippen LogP contribution in [0.3, 0.4) is 0 Å². The zero-order chi connectivity index (χ0) is 10.8. The molecule has 0 spiro atoms. The third-order valence-electron chi connectivity index (χ3n) is 2.25. The van der Waals surface area contributed by atoms with Crippen molar-refractivity contribution >= 4 is 0 Å². The molecule has 0 amide bonds. The van der Waals surface area contributed by atoms with Crippen LogP contribution in [0.2, 0.25) is 0 Å². The monoisotopic (exact) mass is 196 g/mol. The highest BCUT2D eigenvalue weighted by atomic mass is 16.3. The minimum Gasteiger partial charge on any atom is -0.384 e. The van der Waals surface area contributed by atoms with Gasteiger partial charge in [0.1, 0.15) is 11.4 Å². The molecule has 1 aromatic rings. The molecular weight excluding hydrogens is 176 g/mol. The molecule has 0 aromatic carbocycles. The first kappa shape index (κ1) is 11.2. The van der Waals surface area contributed by atoms with E-state index in [4.69, 9.17) is 0 Å². The highest BCUT2D eigenvalue weighted by Crippen LogP contribution is 2.22. The largest absolute Gasteiger partial charge is 0.384 e. The topological polar surface area (TPSA) is 48.9 Å². The molecule has 0 atom stereocenters. The zero-order valence-corrected chi connectivity index (χ0v) is 9.52. The first-order valence-corrected chi connectivity index (χ1v) is 5.29. The van der Waals surface area contributed by atoms with Crippen LogP contribution >= 0.6 is 0 Å². The van der Waals surface area contributed by atoms with Crippen LogP contribution in [0.5, 0.6) is 0 Å². The van der Waals surface area contributed by atoms with Crippen LogP contribution in [0.25, 0.3) is 0 Å². The van der Waals surface area contributed by atoms with E-state index >= 15 is 0 Å². The Labute approximate surface area is 85.6 Å². The van der Waals surface area contributed by atoms with E-state index in [0.717, 1.165) is 36.5 Å². The van der Waals surface area contributed by atoms with Crippen molar-refractivity contribution in [1.82, 2.24) is 9.97 Å². The molecule has 0 radical (unpaired) electrons. The van der Waals surface area contributed by atoms with E-state index in [2.05, 4.69) is 23.8 Å². The molecule has 0 aliphatic heterocycles. The van der Waals surface area contributed by atoms with Gasteiger partial charge >= 0.3 is 0 Å². The molecule has 0 saturated heterocycles. The van der Waals surface area contributed by atoms with E-state index in [-0.39, 0.29) is 0 Å². The Kier molecular flexibility index (Phi) is 3.32. The lowest BCUT2D eigenvalue weighted by atomic mass is 10.0. The lowest BCUT2D eigenvalue weighted by Crippen LogP contribution is -2.18. The third-order valence-corrected chi connectivity index (χ3v) is 2.25. The van der Waals surface area contributed by atoms with Gasteiger partial charge in [-0.1, -0.05) is 13.8 Å². The second kappa shape index (κ2) is 4.13. The maximum atomic E-state index is 9.90. The van der Waals surface area contributed by atoms with Crippen LogP contribution in [-0.4, -0.2) is 15.1 Å². The fourth-order valence-electron chi connectivity index (χ4n) is 1.58. The number of aryl methyl sites for hydroxylation is 2. The number of nitrogens with one attached hydrogen (secondary N) is 1. The Bertz CT molecular complexity index is 297.